The minimum atomic E-state index is -2.33. The fourth-order valence-electron chi connectivity index (χ4n) is 7.44. The molecule has 54 heavy (non-hydrogen) atoms. The van der Waals surface area contributed by atoms with Crippen molar-refractivity contribution in [1.29, 1.82) is 0 Å². The predicted molar refractivity (Wildman–Crippen MR) is 216 cm³/mol. The zero-order valence-electron chi connectivity index (χ0n) is 34.6. The van der Waals surface area contributed by atoms with Crippen LogP contribution in [0.15, 0.2) is 102 Å². The Hall–Kier alpha value is -4.77. The molecular formula is C48H44FIrN3O-2. The first-order valence-corrected chi connectivity index (χ1v) is 18.2. The van der Waals surface area contributed by atoms with Gasteiger partial charge in [0.15, 0.2) is 0 Å². The van der Waals surface area contributed by atoms with Crippen molar-refractivity contribution in [1.82, 2.24) is 15.0 Å². The van der Waals surface area contributed by atoms with Gasteiger partial charge in [-0.2, -0.15) is 0 Å². The summed E-state index contributed by atoms with van der Waals surface area (Å²) in [5, 5.41) is 5.72. The summed E-state index contributed by atoms with van der Waals surface area (Å²) in [6, 6.07) is 32.6. The number of nitrogens with zero attached hydrogens (tertiary/aromatic N) is 3. The smallest absolute Gasteiger partial charge is 0.121 e. The second kappa shape index (κ2) is 13.8. The van der Waals surface area contributed by atoms with E-state index in [4.69, 9.17) is 18.5 Å². The summed E-state index contributed by atoms with van der Waals surface area (Å²) in [6.07, 6.45) is 5.92. The minimum absolute atomic E-state index is 0. The molecule has 3 heterocycles. The molecular weight excluding hydrogens is 846 g/mol. The van der Waals surface area contributed by atoms with E-state index in [-0.39, 0.29) is 47.7 Å². The maximum atomic E-state index is 12.8. The van der Waals surface area contributed by atoms with Crippen molar-refractivity contribution >= 4 is 43.5 Å². The van der Waals surface area contributed by atoms with E-state index in [2.05, 4.69) is 95.9 Å². The molecule has 0 N–H and O–H groups in total. The molecule has 275 valence electrons. The molecule has 0 amide bonds. The number of rotatable bonds is 2. The first-order valence-electron chi connectivity index (χ1n) is 19.7. The van der Waals surface area contributed by atoms with Gasteiger partial charge >= 0.3 is 0 Å². The number of halogens is 1. The average molecular weight is 893 g/mol. The number of aryl methyl sites for hydroxylation is 1. The molecule has 3 aromatic heterocycles. The van der Waals surface area contributed by atoms with Crippen LogP contribution in [0, 0.1) is 24.8 Å². The molecule has 1 aliphatic carbocycles. The molecule has 1 radical (unpaired) electrons. The Kier molecular flexibility index (Phi) is 8.64. The second-order valence-electron chi connectivity index (χ2n) is 16.6. The first kappa shape index (κ1) is 33.8. The normalized spacial score (nSPS) is 15.8. The molecule has 0 saturated carbocycles. The van der Waals surface area contributed by atoms with Crippen molar-refractivity contribution in [3.05, 3.63) is 138 Å². The number of fused-ring (bicyclic) bond motifs is 7. The van der Waals surface area contributed by atoms with Crippen LogP contribution >= 0.6 is 0 Å². The second-order valence-corrected chi connectivity index (χ2v) is 16.6. The predicted octanol–water partition coefficient (Wildman–Crippen LogP) is 12.8. The summed E-state index contributed by atoms with van der Waals surface area (Å²) < 4.78 is 44.1. The Morgan fingerprint density at radius 1 is 0.796 bits per heavy atom. The average Bonchev–Trinajstić information content (AvgIpc) is 3.53. The van der Waals surface area contributed by atoms with Gasteiger partial charge in [-0.05, 0) is 74.2 Å². The molecule has 5 aromatic carbocycles. The third-order valence-electron chi connectivity index (χ3n) is 10.8. The van der Waals surface area contributed by atoms with E-state index < -0.39 is 6.85 Å². The Morgan fingerprint density at radius 3 is 2.30 bits per heavy atom. The van der Waals surface area contributed by atoms with E-state index in [1.807, 2.05) is 42.7 Å². The van der Waals surface area contributed by atoms with Gasteiger partial charge in [0.2, 0.25) is 0 Å². The molecule has 0 bridgehead atoms. The molecule has 4 nitrogen and oxygen atoms in total. The molecule has 0 aliphatic heterocycles. The first-order chi connectivity index (χ1) is 26.4. The maximum Gasteiger partial charge on any atom is 0.121 e. The SMILES string of the molecule is CC(C)(C)c1ccc(-c2[c-]cc(F)cc2)nc1.[2H]C([2H])([2H])c1c[c-]c(-c2ncc3c(n2)C(C)(C)CCC3(C)C)c2oc3cc4c(ccc5ccccc54)cc3c12.[Ir]. The van der Waals surface area contributed by atoms with Crippen LogP contribution in [0.5, 0.6) is 0 Å². The van der Waals surface area contributed by atoms with Crippen LogP contribution in [-0.4, -0.2) is 15.0 Å². The number of hydrogen-bond donors (Lipinski definition) is 0. The van der Waals surface area contributed by atoms with Crippen molar-refractivity contribution in [2.24, 2.45) is 0 Å². The van der Waals surface area contributed by atoms with Crippen molar-refractivity contribution < 1.29 is 33.0 Å². The quantitative estimate of drug-likeness (QED) is 0.128. The summed E-state index contributed by atoms with van der Waals surface area (Å²) in [6.45, 7) is 13.1. The van der Waals surface area contributed by atoms with Gasteiger partial charge in [-0.25, -0.2) is 0 Å². The molecule has 0 spiro atoms. The van der Waals surface area contributed by atoms with E-state index in [0.717, 1.165) is 56.7 Å². The van der Waals surface area contributed by atoms with Crippen LogP contribution < -0.4 is 0 Å². The van der Waals surface area contributed by atoms with Crippen LogP contribution in [-0.2, 0) is 36.4 Å². The number of pyridine rings is 1. The standard InChI is InChI=1S/C33H29N2O.C15H15FN.Ir/c1-19-10-13-23(31-34-18-26-30(35-31)33(4,5)15-14-32(26,2)3)29-28(19)25-16-21-12-11-20-8-6-7-9-22(20)24(21)17-27(25)36-29;1-15(2,3)12-6-9-14(17-10-12)11-4-7-13(16)8-5-11;/h6-12,16-18H,14-15H2,1-5H3;4,6-10H,1-3H3;/q2*-1;/i1D3;;. The van der Waals surface area contributed by atoms with Gasteiger partial charge in [-0.3, -0.25) is 14.4 Å². The third-order valence-corrected chi connectivity index (χ3v) is 10.8. The molecule has 0 fully saturated rings. The fraction of sp³-hybridized carbons (Fsp3) is 0.271. The Bertz CT molecular complexity index is 2780. The van der Waals surface area contributed by atoms with E-state index in [0.29, 0.717) is 27.9 Å². The van der Waals surface area contributed by atoms with Crippen molar-refractivity contribution in [3.8, 4) is 22.6 Å². The molecule has 0 saturated heterocycles. The van der Waals surface area contributed by atoms with Crippen LogP contribution in [0.4, 0.5) is 4.39 Å². The molecule has 1 aliphatic rings. The van der Waals surface area contributed by atoms with E-state index >= 15 is 0 Å². The summed E-state index contributed by atoms with van der Waals surface area (Å²) in [4.78, 5) is 14.3. The summed E-state index contributed by atoms with van der Waals surface area (Å²) in [5.74, 6) is 0.232. The topological polar surface area (TPSA) is 51.8 Å². The molecule has 8 aromatic rings. The maximum absolute atomic E-state index is 12.8. The Morgan fingerprint density at radius 2 is 1.57 bits per heavy atom. The van der Waals surface area contributed by atoms with Gasteiger partial charge in [-0.15, -0.1) is 47.5 Å². The van der Waals surface area contributed by atoms with Gasteiger partial charge in [0.05, 0.1) is 11.4 Å². The fourth-order valence-corrected chi connectivity index (χ4v) is 7.44. The number of furan rings is 1. The number of benzene rings is 5. The molecule has 9 rings (SSSR count). The summed E-state index contributed by atoms with van der Waals surface area (Å²) >= 11 is 0. The molecule has 0 atom stereocenters. The zero-order valence-corrected chi connectivity index (χ0v) is 34.0. The van der Waals surface area contributed by atoms with Crippen molar-refractivity contribution in [2.75, 3.05) is 0 Å². The van der Waals surface area contributed by atoms with E-state index in [1.54, 1.807) is 12.1 Å². The summed E-state index contributed by atoms with van der Waals surface area (Å²) in [5.41, 5.74) is 6.93. The van der Waals surface area contributed by atoms with Gasteiger partial charge in [0, 0.05) is 58.9 Å². The van der Waals surface area contributed by atoms with E-state index in [1.165, 1.54) is 23.3 Å². The Balaban J connectivity index is 0.000000232. The Labute approximate surface area is 334 Å². The largest absolute Gasteiger partial charge is 0.501 e. The monoisotopic (exact) mass is 893 g/mol. The van der Waals surface area contributed by atoms with Gasteiger partial charge in [0.25, 0.3) is 0 Å². The van der Waals surface area contributed by atoms with Gasteiger partial charge in [0.1, 0.15) is 5.58 Å². The number of hydrogen-bond acceptors (Lipinski definition) is 4. The van der Waals surface area contributed by atoms with Gasteiger partial charge < -0.3 is 9.40 Å². The third kappa shape index (κ3) is 6.76. The molecule has 6 heteroatoms. The summed E-state index contributed by atoms with van der Waals surface area (Å²) in [7, 11) is 0. The van der Waals surface area contributed by atoms with E-state index in [9.17, 15) is 4.39 Å². The van der Waals surface area contributed by atoms with Crippen LogP contribution in [0.25, 0.3) is 66.1 Å². The molecule has 0 unspecified atom stereocenters. The van der Waals surface area contributed by atoms with Gasteiger partial charge in [-0.1, -0.05) is 115 Å². The van der Waals surface area contributed by atoms with Crippen LogP contribution in [0.3, 0.4) is 0 Å². The minimum Gasteiger partial charge on any atom is -0.501 e. The number of aromatic nitrogens is 3. The zero-order chi connectivity index (χ0) is 39.8. The van der Waals surface area contributed by atoms with Crippen molar-refractivity contribution in [3.63, 3.8) is 0 Å². The van der Waals surface area contributed by atoms with Crippen LogP contribution in [0.1, 0.15) is 87.8 Å². The van der Waals surface area contributed by atoms with Crippen molar-refractivity contribution in [2.45, 2.75) is 84.4 Å². The van der Waals surface area contributed by atoms with Crippen LogP contribution in [0.2, 0.25) is 0 Å².